The highest BCUT2D eigenvalue weighted by Crippen LogP contribution is 2.15. The van der Waals surface area contributed by atoms with Gasteiger partial charge in [0.15, 0.2) is 6.10 Å². The first-order valence-corrected chi connectivity index (χ1v) is 10.7. The van der Waals surface area contributed by atoms with E-state index in [1.807, 2.05) is 36.4 Å². The van der Waals surface area contributed by atoms with Crippen molar-refractivity contribution in [1.82, 2.24) is 31.1 Å². The van der Waals surface area contributed by atoms with E-state index in [-0.39, 0.29) is 0 Å². The number of carbonyl (C=O) groups excluding carboxylic acids is 2. The maximum atomic E-state index is 12.4. The van der Waals surface area contributed by atoms with E-state index in [4.69, 9.17) is 10.00 Å². The van der Waals surface area contributed by atoms with Crippen molar-refractivity contribution in [3.05, 3.63) is 95.6 Å². The standard InChI is InChI=1S/C25H21N7O3/c1-17(35-22-9-5-6-19(14-22)15-26)24(33)28-29-25(34)21-12-10-18(11-13-21)16-32-30-23(27-31-32)20-7-3-2-4-8-20/h2-14,17H,16H2,1H3,(H,28,33)(H,29,34). The van der Waals surface area contributed by atoms with E-state index >= 15 is 0 Å². The number of nitrogens with one attached hydrogen (secondary N) is 2. The number of ether oxygens (including phenoxy) is 1. The number of nitrogens with zero attached hydrogens (tertiary/aromatic N) is 5. The fourth-order valence-corrected chi connectivity index (χ4v) is 3.13. The summed E-state index contributed by atoms with van der Waals surface area (Å²) in [6.45, 7) is 1.93. The zero-order valence-corrected chi connectivity index (χ0v) is 18.8. The van der Waals surface area contributed by atoms with Crippen LogP contribution >= 0.6 is 0 Å². The van der Waals surface area contributed by atoms with Crippen molar-refractivity contribution in [2.45, 2.75) is 19.6 Å². The molecule has 1 aromatic heterocycles. The zero-order chi connectivity index (χ0) is 24.6. The van der Waals surface area contributed by atoms with Crippen molar-refractivity contribution in [2.75, 3.05) is 0 Å². The Labute approximate surface area is 201 Å². The second-order valence-corrected chi connectivity index (χ2v) is 7.55. The van der Waals surface area contributed by atoms with Crippen molar-refractivity contribution in [3.63, 3.8) is 0 Å². The number of benzene rings is 3. The van der Waals surface area contributed by atoms with Crippen LogP contribution in [-0.2, 0) is 11.3 Å². The molecular weight excluding hydrogens is 446 g/mol. The van der Waals surface area contributed by atoms with Crippen LogP contribution in [0.5, 0.6) is 5.75 Å². The quantitative estimate of drug-likeness (QED) is 0.399. The number of rotatable bonds is 7. The Morgan fingerprint density at radius 1 is 1.03 bits per heavy atom. The van der Waals surface area contributed by atoms with E-state index in [1.165, 1.54) is 17.8 Å². The molecule has 4 rings (SSSR count). The normalized spacial score (nSPS) is 11.2. The lowest BCUT2D eigenvalue weighted by molar-refractivity contribution is -0.128. The van der Waals surface area contributed by atoms with E-state index in [0.29, 0.717) is 29.2 Å². The Hall–Kier alpha value is -5.04. The molecule has 174 valence electrons. The van der Waals surface area contributed by atoms with E-state index in [1.54, 1.807) is 42.5 Å². The first-order chi connectivity index (χ1) is 17.0. The lowest BCUT2D eigenvalue weighted by Gasteiger charge is -2.15. The third-order valence-electron chi connectivity index (χ3n) is 4.97. The molecule has 0 aliphatic rings. The zero-order valence-electron chi connectivity index (χ0n) is 18.8. The minimum atomic E-state index is -0.887. The molecule has 1 heterocycles. The van der Waals surface area contributed by atoms with Gasteiger partial charge in [-0.25, -0.2) is 0 Å². The van der Waals surface area contributed by atoms with Gasteiger partial charge in [-0.3, -0.25) is 20.4 Å². The highest BCUT2D eigenvalue weighted by Gasteiger charge is 2.16. The Balaban J connectivity index is 1.28. The monoisotopic (exact) mass is 467 g/mol. The molecule has 3 aromatic carbocycles. The second kappa shape index (κ2) is 10.7. The molecule has 35 heavy (non-hydrogen) atoms. The van der Waals surface area contributed by atoms with Crippen LogP contribution in [-0.4, -0.2) is 38.1 Å². The third kappa shape index (κ3) is 6.06. The van der Waals surface area contributed by atoms with Gasteiger partial charge in [0.05, 0.1) is 18.2 Å². The number of nitriles is 1. The Morgan fingerprint density at radius 3 is 2.54 bits per heavy atom. The van der Waals surface area contributed by atoms with E-state index in [0.717, 1.165) is 11.1 Å². The summed E-state index contributed by atoms with van der Waals surface area (Å²) in [4.78, 5) is 26.1. The average Bonchev–Trinajstić information content (AvgIpc) is 3.36. The number of tetrazole rings is 1. The van der Waals surface area contributed by atoms with Crippen molar-refractivity contribution in [2.24, 2.45) is 0 Å². The van der Waals surface area contributed by atoms with Gasteiger partial charge in [0, 0.05) is 11.1 Å². The van der Waals surface area contributed by atoms with Crippen LogP contribution in [0.15, 0.2) is 78.9 Å². The second-order valence-electron chi connectivity index (χ2n) is 7.55. The Kier molecular flexibility index (Phi) is 7.08. The van der Waals surface area contributed by atoms with Crippen LogP contribution in [0.2, 0.25) is 0 Å². The summed E-state index contributed by atoms with van der Waals surface area (Å²) < 4.78 is 5.53. The molecule has 0 saturated carbocycles. The van der Waals surface area contributed by atoms with Crippen LogP contribution in [0.3, 0.4) is 0 Å². The minimum absolute atomic E-state index is 0.362. The van der Waals surface area contributed by atoms with Gasteiger partial charge in [0.2, 0.25) is 5.82 Å². The predicted molar refractivity (Wildman–Crippen MR) is 126 cm³/mol. The average molecular weight is 467 g/mol. The minimum Gasteiger partial charge on any atom is -0.481 e. The topological polar surface area (TPSA) is 135 Å². The number of hydrazine groups is 1. The molecule has 1 atom stereocenters. The summed E-state index contributed by atoms with van der Waals surface area (Å²) in [5, 5.41) is 21.5. The first kappa shape index (κ1) is 23.1. The van der Waals surface area contributed by atoms with Gasteiger partial charge in [-0.05, 0) is 48.0 Å². The van der Waals surface area contributed by atoms with Gasteiger partial charge in [-0.15, -0.1) is 10.2 Å². The predicted octanol–water partition coefficient (Wildman–Crippen LogP) is 2.49. The van der Waals surface area contributed by atoms with Crippen LogP contribution in [0, 0.1) is 11.3 Å². The number of aromatic nitrogens is 4. The molecule has 1 unspecified atom stereocenters. The van der Waals surface area contributed by atoms with Gasteiger partial charge in [0.1, 0.15) is 5.75 Å². The number of hydrogen-bond donors (Lipinski definition) is 2. The molecule has 4 aromatic rings. The summed E-state index contributed by atoms with van der Waals surface area (Å²) in [6.07, 6.45) is -0.887. The van der Waals surface area contributed by atoms with E-state index in [2.05, 4.69) is 26.3 Å². The van der Waals surface area contributed by atoms with Gasteiger partial charge < -0.3 is 4.74 Å². The largest absolute Gasteiger partial charge is 0.481 e. The lowest BCUT2D eigenvalue weighted by Crippen LogP contribution is -2.47. The van der Waals surface area contributed by atoms with Gasteiger partial charge in [-0.2, -0.15) is 10.1 Å². The molecule has 0 radical (unpaired) electrons. The molecule has 10 heteroatoms. The van der Waals surface area contributed by atoms with Crippen LogP contribution < -0.4 is 15.6 Å². The summed E-state index contributed by atoms with van der Waals surface area (Å²) >= 11 is 0. The highest BCUT2D eigenvalue weighted by molar-refractivity contribution is 5.95. The molecule has 0 saturated heterocycles. The summed E-state index contributed by atoms with van der Waals surface area (Å²) in [7, 11) is 0. The molecule has 2 N–H and O–H groups in total. The fourth-order valence-electron chi connectivity index (χ4n) is 3.13. The maximum Gasteiger partial charge on any atom is 0.279 e. The third-order valence-corrected chi connectivity index (χ3v) is 4.97. The number of carbonyl (C=O) groups is 2. The number of hydrogen-bond acceptors (Lipinski definition) is 7. The summed E-state index contributed by atoms with van der Waals surface area (Å²) in [5.74, 6) is -0.0997. The first-order valence-electron chi connectivity index (χ1n) is 10.7. The molecule has 0 aliphatic carbocycles. The molecule has 0 aliphatic heterocycles. The Bertz CT molecular complexity index is 1360. The van der Waals surface area contributed by atoms with Gasteiger partial charge in [-0.1, -0.05) is 48.5 Å². The maximum absolute atomic E-state index is 12.4. The van der Waals surface area contributed by atoms with Gasteiger partial charge in [0.25, 0.3) is 11.8 Å². The molecular formula is C25H21N7O3. The molecule has 0 spiro atoms. The van der Waals surface area contributed by atoms with Crippen molar-refractivity contribution in [3.8, 4) is 23.2 Å². The smallest absolute Gasteiger partial charge is 0.279 e. The van der Waals surface area contributed by atoms with E-state index < -0.39 is 17.9 Å². The SMILES string of the molecule is CC(Oc1cccc(C#N)c1)C(=O)NNC(=O)c1ccc(Cn2nnc(-c3ccccc3)n2)cc1. The van der Waals surface area contributed by atoms with Crippen LogP contribution in [0.4, 0.5) is 0 Å². The van der Waals surface area contributed by atoms with Crippen molar-refractivity contribution < 1.29 is 14.3 Å². The fraction of sp³-hybridized carbons (Fsp3) is 0.120. The number of amides is 2. The van der Waals surface area contributed by atoms with Crippen LogP contribution in [0.1, 0.15) is 28.4 Å². The van der Waals surface area contributed by atoms with Gasteiger partial charge >= 0.3 is 0 Å². The van der Waals surface area contributed by atoms with E-state index in [9.17, 15) is 9.59 Å². The molecule has 0 bridgehead atoms. The molecule has 10 nitrogen and oxygen atoms in total. The molecule has 2 amide bonds. The Morgan fingerprint density at radius 2 is 1.80 bits per heavy atom. The highest BCUT2D eigenvalue weighted by atomic mass is 16.5. The lowest BCUT2D eigenvalue weighted by atomic mass is 10.1. The van der Waals surface area contributed by atoms with Crippen molar-refractivity contribution in [1.29, 1.82) is 5.26 Å². The van der Waals surface area contributed by atoms with Crippen molar-refractivity contribution >= 4 is 11.8 Å². The summed E-state index contributed by atoms with van der Waals surface area (Å²) in [5.41, 5.74) is 7.25. The summed E-state index contributed by atoms with van der Waals surface area (Å²) in [6, 6.07) is 24.8. The molecule has 0 fully saturated rings. The van der Waals surface area contributed by atoms with Crippen LogP contribution in [0.25, 0.3) is 11.4 Å².